The second-order valence-corrected chi connectivity index (χ2v) is 4.44. The van der Waals surface area contributed by atoms with E-state index in [2.05, 4.69) is 0 Å². The summed E-state index contributed by atoms with van der Waals surface area (Å²) in [7, 11) is 0. The van der Waals surface area contributed by atoms with Gasteiger partial charge in [0.25, 0.3) is 0 Å². The zero-order chi connectivity index (χ0) is 12.3. The fourth-order valence-corrected chi connectivity index (χ4v) is 2.02. The van der Waals surface area contributed by atoms with Crippen molar-refractivity contribution in [2.24, 2.45) is 0 Å². The Morgan fingerprint density at radius 1 is 1.11 bits per heavy atom. The maximum Gasteiger partial charge on any atom is 0.229 e. The first-order valence-electron chi connectivity index (χ1n) is 5.09. The molecule has 0 fully saturated rings. The molecule has 5 heteroatoms. The van der Waals surface area contributed by atoms with Gasteiger partial charge in [0.05, 0.1) is 5.02 Å². The lowest BCUT2D eigenvalue weighted by Crippen LogP contribution is -2.36. The van der Waals surface area contributed by atoms with Crippen LogP contribution in [0.4, 0.5) is 0 Å². The van der Waals surface area contributed by atoms with Gasteiger partial charge in [0.1, 0.15) is 0 Å². The van der Waals surface area contributed by atoms with Gasteiger partial charge < -0.3 is 0 Å². The van der Waals surface area contributed by atoms with Crippen LogP contribution >= 0.6 is 35.6 Å². The normalized spacial score (nSPS) is 9.67. The van der Waals surface area contributed by atoms with Gasteiger partial charge in [0.15, 0.2) is 12.4 Å². The van der Waals surface area contributed by atoms with Crippen molar-refractivity contribution in [1.82, 2.24) is 0 Å². The van der Waals surface area contributed by atoms with Crippen LogP contribution in [0.25, 0.3) is 0 Å². The minimum absolute atomic E-state index is 0. The molecule has 1 heterocycles. The predicted molar refractivity (Wildman–Crippen MR) is 74.7 cm³/mol. The molecule has 2 nitrogen and oxygen atoms in total. The van der Waals surface area contributed by atoms with Crippen LogP contribution in [-0.4, -0.2) is 5.78 Å². The molecule has 0 N–H and O–H groups in total. The lowest BCUT2D eigenvalue weighted by atomic mass is 10.1. The minimum Gasteiger partial charge on any atom is -0.287 e. The smallest absolute Gasteiger partial charge is 0.229 e. The number of carbonyl (C=O) groups excluding carboxylic acids is 1. The van der Waals surface area contributed by atoms with Gasteiger partial charge in [-0.2, -0.15) is 4.57 Å². The molecule has 1 aromatic heterocycles. The summed E-state index contributed by atoms with van der Waals surface area (Å²) >= 11 is 11.8. The summed E-state index contributed by atoms with van der Waals surface area (Å²) in [6.07, 6.45) is 3.67. The molecule has 0 aliphatic heterocycles. The van der Waals surface area contributed by atoms with Crippen molar-refractivity contribution >= 4 is 41.4 Å². The van der Waals surface area contributed by atoms with Crippen molar-refractivity contribution in [1.29, 1.82) is 0 Å². The highest BCUT2D eigenvalue weighted by Crippen LogP contribution is 2.21. The van der Waals surface area contributed by atoms with Gasteiger partial charge in [-0.15, -0.1) is 12.4 Å². The Hall–Kier alpha value is -1.09. The van der Waals surface area contributed by atoms with Crippen molar-refractivity contribution < 1.29 is 9.36 Å². The zero-order valence-electron chi connectivity index (χ0n) is 9.35. The summed E-state index contributed by atoms with van der Waals surface area (Å²) in [6, 6.07) is 10.5. The van der Waals surface area contributed by atoms with E-state index >= 15 is 0 Å². The highest BCUT2D eigenvalue weighted by molar-refractivity contribution is 6.36. The number of ketones is 1. The molecule has 0 atom stereocenters. The number of carbonyl (C=O) groups is 1. The van der Waals surface area contributed by atoms with Crippen LogP contribution in [0.15, 0.2) is 48.8 Å². The van der Waals surface area contributed by atoms with Crippen molar-refractivity contribution in [3.63, 3.8) is 0 Å². The summed E-state index contributed by atoms with van der Waals surface area (Å²) in [4.78, 5) is 12.0. The number of Topliss-reactive ketones (excluding diaryl/α,β-unsaturated/α-hetero) is 1. The van der Waals surface area contributed by atoms with Gasteiger partial charge in [-0.1, -0.05) is 29.3 Å². The van der Waals surface area contributed by atoms with E-state index in [0.717, 1.165) is 0 Å². The van der Waals surface area contributed by atoms with Gasteiger partial charge in [-0.05, 0) is 18.2 Å². The molecule has 2 aromatic rings. The monoisotopic (exact) mass is 302 g/mol. The van der Waals surface area contributed by atoms with E-state index < -0.39 is 0 Å². The molecule has 0 aliphatic carbocycles. The SMILES string of the molecule is Cl.O=C(C[n+]1ccccc1)c1ccc(Cl)cc1Cl. The van der Waals surface area contributed by atoms with Crippen molar-refractivity contribution in [2.45, 2.75) is 6.54 Å². The lowest BCUT2D eigenvalue weighted by molar-refractivity contribution is -0.683. The molecule has 1 aromatic carbocycles. The first-order chi connectivity index (χ1) is 8.16. The molecule has 0 aliphatic rings. The number of halogens is 3. The Morgan fingerprint density at radius 3 is 2.39 bits per heavy atom. The average Bonchev–Trinajstić information content (AvgIpc) is 2.30. The van der Waals surface area contributed by atoms with Crippen LogP contribution in [0.2, 0.25) is 10.0 Å². The minimum atomic E-state index is -0.0390. The third-order valence-corrected chi connectivity index (χ3v) is 2.88. The Labute approximate surface area is 122 Å². The first-order valence-corrected chi connectivity index (χ1v) is 5.85. The number of nitrogens with zero attached hydrogens (tertiary/aromatic N) is 1. The molecule has 2 rings (SSSR count). The standard InChI is InChI=1S/C13H10Cl2NO.ClH/c14-10-4-5-11(12(15)8-10)13(17)9-16-6-2-1-3-7-16;/h1-8H,9H2;1H/q+1;. The third-order valence-electron chi connectivity index (χ3n) is 2.34. The molecule has 0 spiro atoms. The van der Waals surface area contributed by atoms with E-state index in [0.29, 0.717) is 15.6 Å². The zero-order valence-corrected chi connectivity index (χ0v) is 11.7. The molecule has 0 saturated heterocycles. The number of rotatable bonds is 3. The topological polar surface area (TPSA) is 20.9 Å². The quantitative estimate of drug-likeness (QED) is 0.627. The molecule has 18 heavy (non-hydrogen) atoms. The van der Waals surface area contributed by atoms with E-state index in [-0.39, 0.29) is 24.7 Å². The van der Waals surface area contributed by atoms with E-state index in [1.807, 2.05) is 30.6 Å². The molecule has 0 amide bonds. The van der Waals surface area contributed by atoms with E-state index in [4.69, 9.17) is 23.2 Å². The number of pyridine rings is 1. The first kappa shape index (κ1) is 15.0. The number of hydrogen-bond donors (Lipinski definition) is 0. The van der Waals surface area contributed by atoms with E-state index in [9.17, 15) is 4.79 Å². The van der Waals surface area contributed by atoms with E-state index in [1.165, 1.54) is 0 Å². The molecule has 0 unspecified atom stereocenters. The molecular weight excluding hydrogens is 293 g/mol. The molecule has 0 bridgehead atoms. The maximum atomic E-state index is 12.0. The maximum absolute atomic E-state index is 12.0. The van der Waals surface area contributed by atoms with Crippen molar-refractivity contribution in [2.75, 3.05) is 0 Å². The predicted octanol–water partition coefficient (Wildman–Crippen LogP) is 3.59. The van der Waals surface area contributed by atoms with Crippen LogP contribution < -0.4 is 4.57 Å². The molecular formula is C13H11Cl3NO+. The van der Waals surface area contributed by atoms with Gasteiger partial charge in [-0.3, -0.25) is 4.79 Å². The largest absolute Gasteiger partial charge is 0.287 e. The van der Waals surface area contributed by atoms with Crippen LogP contribution in [-0.2, 0) is 6.54 Å². The Balaban J connectivity index is 0.00000162. The third kappa shape index (κ3) is 3.70. The van der Waals surface area contributed by atoms with Crippen molar-refractivity contribution in [3.05, 3.63) is 64.4 Å². The van der Waals surface area contributed by atoms with E-state index in [1.54, 1.807) is 22.8 Å². The second kappa shape index (κ2) is 6.74. The fourth-order valence-electron chi connectivity index (χ4n) is 1.51. The lowest BCUT2D eigenvalue weighted by Gasteiger charge is -2.01. The summed E-state index contributed by atoms with van der Waals surface area (Å²) in [5.41, 5.74) is 0.493. The summed E-state index contributed by atoms with van der Waals surface area (Å²) in [6.45, 7) is 0.266. The van der Waals surface area contributed by atoms with Crippen LogP contribution in [0.5, 0.6) is 0 Å². The van der Waals surface area contributed by atoms with Crippen molar-refractivity contribution in [3.8, 4) is 0 Å². The second-order valence-electron chi connectivity index (χ2n) is 3.60. The van der Waals surface area contributed by atoms with Gasteiger partial charge in [0.2, 0.25) is 12.3 Å². The fraction of sp³-hybridized carbons (Fsp3) is 0.0769. The summed E-state index contributed by atoms with van der Waals surface area (Å²) < 4.78 is 1.80. The Morgan fingerprint density at radius 2 is 1.78 bits per heavy atom. The highest BCUT2D eigenvalue weighted by Gasteiger charge is 2.14. The van der Waals surface area contributed by atoms with Crippen LogP contribution in [0, 0.1) is 0 Å². The van der Waals surface area contributed by atoms with Crippen LogP contribution in [0.3, 0.4) is 0 Å². The van der Waals surface area contributed by atoms with Gasteiger partial charge in [0, 0.05) is 22.7 Å². The molecule has 94 valence electrons. The van der Waals surface area contributed by atoms with Gasteiger partial charge >= 0.3 is 0 Å². The van der Waals surface area contributed by atoms with Crippen LogP contribution in [0.1, 0.15) is 10.4 Å². The Kier molecular flexibility index (Phi) is 5.60. The number of benzene rings is 1. The number of hydrogen-bond acceptors (Lipinski definition) is 1. The average molecular weight is 304 g/mol. The molecule has 0 saturated carbocycles. The molecule has 0 radical (unpaired) electrons. The summed E-state index contributed by atoms with van der Waals surface area (Å²) in [5, 5.41) is 0.915. The number of aromatic nitrogens is 1. The Bertz CT molecular complexity index is 543. The summed E-state index contributed by atoms with van der Waals surface area (Å²) in [5.74, 6) is -0.0390. The van der Waals surface area contributed by atoms with Gasteiger partial charge in [-0.25, -0.2) is 0 Å². The highest BCUT2D eigenvalue weighted by atomic mass is 35.5.